The Bertz CT molecular complexity index is 897. The van der Waals surface area contributed by atoms with Gasteiger partial charge in [-0.15, -0.1) is 0 Å². The van der Waals surface area contributed by atoms with E-state index in [9.17, 15) is 19.8 Å². The maximum atomic E-state index is 12.4. The van der Waals surface area contributed by atoms with Crippen molar-refractivity contribution in [2.24, 2.45) is 14.1 Å². The van der Waals surface area contributed by atoms with Crippen molar-refractivity contribution in [3.05, 3.63) is 49.4 Å². The van der Waals surface area contributed by atoms with E-state index in [0.29, 0.717) is 16.8 Å². The highest BCUT2D eigenvalue weighted by atomic mass is 16.5. The van der Waals surface area contributed by atoms with Gasteiger partial charge in [-0.05, 0) is 6.92 Å². The fraction of sp³-hybridized carbons (Fsp3) is 0.357. The lowest BCUT2D eigenvalue weighted by Gasteiger charge is -2.16. The van der Waals surface area contributed by atoms with Crippen molar-refractivity contribution >= 4 is 0 Å². The fourth-order valence-electron chi connectivity index (χ4n) is 2.63. The van der Waals surface area contributed by atoms with Crippen LogP contribution in [0.2, 0.25) is 0 Å². The molecule has 0 fully saturated rings. The second-order valence-electron chi connectivity index (χ2n) is 5.27. The van der Waals surface area contributed by atoms with E-state index >= 15 is 0 Å². The Morgan fingerprint density at radius 2 is 1.91 bits per heavy atom. The molecule has 3 heterocycles. The van der Waals surface area contributed by atoms with Crippen LogP contribution in [0.3, 0.4) is 0 Å². The molecule has 1 atom stereocenters. The molecular weight excluding hydrogens is 290 g/mol. The third-order valence-electron chi connectivity index (χ3n) is 3.96. The standard InChI is InChI=1S/C14H15N3O5/c1-6-10(18)8-7(4-15-6)5-22-11(8)9-12(19)16(2)14(21)17(3)13(9)20/h4,11,18-19H,5H2,1-3H3/t11-/m1/s1. The predicted molar refractivity (Wildman–Crippen MR) is 75.9 cm³/mol. The van der Waals surface area contributed by atoms with Crippen LogP contribution in [0.1, 0.15) is 28.5 Å². The smallest absolute Gasteiger partial charge is 0.333 e. The molecule has 0 unspecified atom stereocenters. The van der Waals surface area contributed by atoms with Gasteiger partial charge in [-0.25, -0.2) is 4.79 Å². The molecule has 2 aromatic heterocycles. The van der Waals surface area contributed by atoms with E-state index < -0.39 is 23.2 Å². The van der Waals surface area contributed by atoms with Crippen molar-refractivity contribution in [3.63, 3.8) is 0 Å². The quantitative estimate of drug-likeness (QED) is 0.757. The number of pyridine rings is 1. The van der Waals surface area contributed by atoms with Crippen LogP contribution in [0.15, 0.2) is 15.8 Å². The minimum Gasteiger partial charge on any atom is -0.506 e. The minimum absolute atomic E-state index is 0.0738. The third kappa shape index (κ3) is 1.77. The lowest BCUT2D eigenvalue weighted by molar-refractivity contribution is 0.0885. The maximum Gasteiger partial charge on any atom is 0.333 e. The largest absolute Gasteiger partial charge is 0.506 e. The van der Waals surface area contributed by atoms with Gasteiger partial charge in [-0.2, -0.15) is 0 Å². The van der Waals surface area contributed by atoms with Crippen molar-refractivity contribution in [3.8, 4) is 11.6 Å². The van der Waals surface area contributed by atoms with E-state index in [4.69, 9.17) is 4.74 Å². The summed E-state index contributed by atoms with van der Waals surface area (Å²) in [4.78, 5) is 28.2. The van der Waals surface area contributed by atoms with Gasteiger partial charge in [0.1, 0.15) is 17.4 Å². The van der Waals surface area contributed by atoms with E-state index in [1.54, 1.807) is 13.1 Å². The summed E-state index contributed by atoms with van der Waals surface area (Å²) in [5.41, 5.74) is 0.0634. The number of ether oxygens (including phenoxy) is 1. The second-order valence-corrected chi connectivity index (χ2v) is 5.27. The highest BCUT2D eigenvalue weighted by molar-refractivity contribution is 5.49. The van der Waals surface area contributed by atoms with Crippen molar-refractivity contribution < 1.29 is 14.9 Å². The second kappa shape index (κ2) is 4.70. The van der Waals surface area contributed by atoms with Crippen LogP contribution in [-0.2, 0) is 25.4 Å². The first-order valence-electron chi connectivity index (χ1n) is 6.62. The average Bonchev–Trinajstić information content (AvgIpc) is 2.92. The highest BCUT2D eigenvalue weighted by Gasteiger charge is 2.34. The molecule has 2 aromatic rings. The molecule has 0 aromatic carbocycles. The summed E-state index contributed by atoms with van der Waals surface area (Å²) in [6.07, 6.45) is 0.621. The Morgan fingerprint density at radius 3 is 2.59 bits per heavy atom. The number of aryl methyl sites for hydroxylation is 1. The lowest BCUT2D eigenvalue weighted by Crippen LogP contribution is -2.39. The molecule has 0 spiro atoms. The number of aromatic nitrogens is 3. The molecule has 0 saturated carbocycles. The van der Waals surface area contributed by atoms with Crippen molar-refractivity contribution in [2.45, 2.75) is 19.6 Å². The van der Waals surface area contributed by atoms with Crippen molar-refractivity contribution in [1.82, 2.24) is 14.1 Å². The molecule has 3 rings (SSSR count). The van der Waals surface area contributed by atoms with Crippen molar-refractivity contribution in [2.75, 3.05) is 0 Å². The first-order valence-corrected chi connectivity index (χ1v) is 6.62. The number of hydrogen-bond donors (Lipinski definition) is 2. The lowest BCUT2D eigenvalue weighted by atomic mass is 10.00. The van der Waals surface area contributed by atoms with Gasteiger partial charge in [-0.3, -0.25) is 18.9 Å². The van der Waals surface area contributed by atoms with Crippen LogP contribution >= 0.6 is 0 Å². The topological polar surface area (TPSA) is 107 Å². The minimum atomic E-state index is -0.942. The zero-order valence-corrected chi connectivity index (χ0v) is 12.3. The van der Waals surface area contributed by atoms with Crippen LogP contribution in [0.4, 0.5) is 0 Å². The van der Waals surface area contributed by atoms with E-state index in [0.717, 1.165) is 9.13 Å². The monoisotopic (exact) mass is 305 g/mol. The van der Waals surface area contributed by atoms with Gasteiger partial charge in [0.25, 0.3) is 5.56 Å². The molecule has 0 radical (unpaired) electrons. The molecular formula is C14H15N3O5. The van der Waals surface area contributed by atoms with E-state index in [2.05, 4.69) is 4.98 Å². The molecule has 8 nitrogen and oxygen atoms in total. The molecule has 2 N–H and O–H groups in total. The number of nitrogens with zero attached hydrogens (tertiary/aromatic N) is 3. The summed E-state index contributed by atoms with van der Waals surface area (Å²) >= 11 is 0. The molecule has 1 aliphatic rings. The van der Waals surface area contributed by atoms with Crippen LogP contribution in [0.5, 0.6) is 11.6 Å². The Hall–Kier alpha value is -2.61. The molecule has 116 valence electrons. The van der Waals surface area contributed by atoms with E-state index in [1.165, 1.54) is 14.1 Å². The summed E-state index contributed by atoms with van der Waals surface area (Å²) in [5, 5.41) is 20.4. The Kier molecular flexibility index (Phi) is 3.06. The Balaban J connectivity index is 2.32. The number of fused-ring (bicyclic) bond motifs is 1. The van der Waals surface area contributed by atoms with Gasteiger partial charge in [0.15, 0.2) is 0 Å². The van der Waals surface area contributed by atoms with Crippen LogP contribution < -0.4 is 11.2 Å². The third-order valence-corrected chi connectivity index (χ3v) is 3.96. The molecule has 0 amide bonds. The normalized spacial score (nSPS) is 16.8. The highest BCUT2D eigenvalue weighted by Crippen LogP contribution is 2.42. The number of hydrogen-bond acceptors (Lipinski definition) is 6. The van der Waals surface area contributed by atoms with E-state index in [1.807, 2.05) is 0 Å². The maximum absolute atomic E-state index is 12.4. The van der Waals surface area contributed by atoms with Gasteiger partial charge in [0.05, 0.1) is 12.3 Å². The fourth-order valence-corrected chi connectivity index (χ4v) is 2.63. The Morgan fingerprint density at radius 1 is 1.23 bits per heavy atom. The summed E-state index contributed by atoms with van der Waals surface area (Å²) in [6.45, 7) is 1.79. The first kappa shape index (κ1) is 14.3. The summed E-state index contributed by atoms with van der Waals surface area (Å²) in [6, 6.07) is 0. The van der Waals surface area contributed by atoms with Gasteiger partial charge >= 0.3 is 5.69 Å². The molecule has 1 aliphatic heterocycles. The van der Waals surface area contributed by atoms with E-state index in [-0.39, 0.29) is 17.9 Å². The predicted octanol–water partition coefficient (Wildman–Crippen LogP) is -0.182. The van der Waals surface area contributed by atoms with Gasteiger partial charge in [-0.1, -0.05) is 0 Å². The zero-order valence-electron chi connectivity index (χ0n) is 12.3. The SMILES string of the molecule is Cc1ncc2c(c1O)[C@H](c1c(O)n(C)c(=O)n(C)c1=O)OC2. The molecule has 0 saturated heterocycles. The molecule has 0 aliphatic carbocycles. The zero-order chi connectivity index (χ0) is 16.2. The van der Waals surface area contributed by atoms with Crippen LogP contribution in [-0.4, -0.2) is 24.3 Å². The van der Waals surface area contributed by atoms with Crippen LogP contribution in [0, 0.1) is 6.92 Å². The average molecular weight is 305 g/mol. The van der Waals surface area contributed by atoms with Gasteiger partial charge < -0.3 is 14.9 Å². The number of aromatic hydroxyl groups is 2. The number of rotatable bonds is 1. The van der Waals surface area contributed by atoms with Crippen LogP contribution in [0.25, 0.3) is 0 Å². The summed E-state index contributed by atoms with van der Waals surface area (Å²) in [5.74, 6) is -0.546. The molecule has 22 heavy (non-hydrogen) atoms. The molecule has 0 bridgehead atoms. The van der Waals surface area contributed by atoms with Gasteiger partial charge in [0, 0.05) is 31.4 Å². The van der Waals surface area contributed by atoms with Gasteiger partial charge in [0.2, 0.25) is 5.88 Å². The summed E-state index contributed by atoms with van der Waals surface area (Å²) < 4.78 is 7.42. The van der Waals surface area contributed by atoms with Crippen molar-refractivity contribution in [1.29, 1.82) is 0 Å². The first-order chi connectivity index (χ1) is 10.3. The molecule has 8 heteroatoms. The summed E-state index contributed by atoms with van der Waals surface area (Å²) in [7, 11) is 2.68. The Labute approximate surface area is 124 Å².